The summed E-state index contributed by atoms with van der Waals surface area (Å²) in [6, 6.07) is 14.4. The van der Waals surface area contributed by atoms with E-state index in [0.717, 1.165) is 12.8 Å². The molecule has 110 valence electrons. The molecule has 0 aromatic heterocycles. The van der Waals surface area contributed by atoms with E-state index in [-0.39, 0.29) is 17.1 Å². The maximum atomic E-state index is 13.7. The van der Waals surface area contributed by atoms with Crippen LogP contribution in [0.3, 0.4) is 0 Å². The van der Waals surface area contributed by atoms with Crippen LogP contribution < -0.4 is 10.5 Å². The van der Waals surface area contributed by atoms with Crippen molar-refractivity contribution in [1.82, 2.24) is 0 Å². The van der Waals surface area contributed by atoms with Gasteiger partial charge in [-0.2, -0.15) is 0 Å². The van der Waals surface area contributed by atoms with E-state index in [9.17, 15) is 4.39 Å². The van der Waals surface area contributed by atoms with Gasteiger partial charge in [-0.25, -0.2) is 4.39 Å². The highest BCUT2D eigenvalue weighted by molar-refractivity contribution is 5.99. The third-order valence-corrected chi connectivity index (χ3v) is 3.05. The van der Waals surface area contributed by atoms with Gasteiger partial charge < -0.3 is 15.7 Å². The highest BCUT2D eigenvalue weighted by Gasteiger charge is 2.13. The molecule has 0 fully saturated rings. The van der Waals surface area contributed by atoms with Crippen LogP contribution in [0.15, 0.2) is 53.7 Å². The van der Waals surface area contributed by atoms with Gasteiger partial charge >= 0.3 is 0 Å². The van der Waals surface area contributed by atoms with E-state index in [2.05, 4.69) is 5.16 Å². The minimum atomic E-state index is -0.578. The summed E-state index contributed by atoms with van der Waals surface area (Å²) in [5, 5.41) is 11.5. The summed E-state index contributed by atoms with van der Waals surface area (Å²) in [4.78, 5) is 0. The van der Waals surface area contributed by atoms with E-state index in [1.807, 2.05) is 30.3 Å². The lowest BCUT2D eigenvalue weighted by molar-refractivity contribution is 0.305. The maximum absolute atomic E-state index is 13.7. The highest BCUT2D eigenvalue weighted by Crippen LogP contribution is 2.21. The fraction of sp³-hybridized carbons (Fsp3) is 0.188. The Morgan fingerprint density at radius 3 is 2.62 bits per heavy atom. The number of oxime groups is 1. The lowest BCUT2D eigenvalue weighted by atomic mass is 10.1. The number of ether oxygens (including phenoxy) is 1. The molecule has 0 atom stereocenters. The minimum absolute atomic E-state index is 0.0142. The summed E-state index contributed by atoms with van der Waals surface area (Å²) in [5.74, 6) is -0.601. The Morgan fingerprint density at radius 1 is 1.14 bits per heavy atom. The molecule has 0 spiro atoms. The van der Waals surface area contributed by atoms with Crippen LogP contribution in [0.2, 0.25) is 0 Å². The first-order valence-electron chi connectivity index (χ1n) is 6.65. The number of nitrogens with zero attached hydrogens (tertiary/aromatic N) is 1. The first kappa shape index (κ1) is 14.8. The van der Waals surface area contributed by atoms with Gasteiger partial charge in [0, 0.05) is 0 Å². The predicted octanol–water partition coefficient (Wildman–Crippen LogP) is 2.93. The smallest absolute Gasteiger partial charge is 0.176 e. The van der Waals surface area contributed by atoms with Gasteiger partial charge in [-0.05, 0) is 30.5 Å². The number of halogens is 1. The molecule has 4 nitrogen and oxygen atoms in total. The van der Waals surface area contributed by atoms with Crippen LogP contribution in [0.1, 0.15) is 17.5 Å². The van der Waals surface area contributed by atoms with Gasteiger partial charge in [0.25, 0.3) is 0 Å². The number of hydrogen-bond donors (Lipinski definition) is 2. The van der Waals surface area contributed by atoms with E-state index < -0.39 is 5.82 Å². The van der Waals surface area contributed by atoms with E-state index >= 15 is 0 Å². The zero-order valence-corrected chi connectivity index (χ0v) is 11.5. The fourth-order valence-corrected chi connectivity index (χ4v) is 2.03. The molecule has 2 rings (SSSR count). The standard InChI is InChI=1S/C16H17FN2O2/c17-13-9-4-10-14(15(13)16(18)19-20)21-11-5-8-12-6-2-1-3-7-12/h1-4,6-7,9-10,20H,5,8,11H2,(H2,18,19). The summed E-state index contributed by atoms with van der Waals surface area (Å²) in [6.45, 7) is 0.421. The van der Waals surface area contributed by atoms with Crippen LogP contribution in [0.4, 0.5) is 4.39 Å². The fourth-order valence-electron chi connectivity index (χ4n) is 2.03. The number of amidine groups is 1. The van der Waals surface area contributed by atoms with E-state index in [4.69, 9.17) is 15.7 Å². The molecule has 2 aromatic rings. The summed E-state index contributed by atoms with van der Waals surface area (Å²) in [6.07, 6.45) is 1.66. The van der Waals surface area contributed by atoms with Crippen LogP contribution in [0.5, 0.6) is 5.75 Å². The van der Waals surface area contributed by atoms with Gasteiger partial charge in [0.2, 0.25) is 0 Å². The second-order valence-corrected chi connectivity index (χ2v) is 4.54. The second kappa shape index (κ2) is 7.28. The molecule has 0 saturated heterocycles. The quantitative estimate of drug-likeness (QED) is 0.282. The SMILES string of the molecule is N/C(=N\O)c1c(F)cccc1OCCCc1ccccc1. The Balaban J connectivity index is 1.96. The number of hydrogen-bond acceptors (Lipinski definition) is 3. The third kappa shape index (κ3) is 3.95. The number of nitrogens with two attached hydrogens (primary N) is 1. The van der Waals surface area contributed by atoms with Crippen LogP contribution >= 0.6 is 0 Å². The zero-order chi connectivity index (χ0) is 15.1. The Morgan fingerprint density at radius 2 is 1.90 bits per heavy atom. The molecule has 0 aliphatic carbocycles. The number of aryl methyl sites for hydroxylation is 1. The van der Waals surface area contributed by atoms with Crippen LogP contribution in [-0.2, 0) is 6.42 Å². The van der Waals surface area contributed by atoms with Crippen molar-refractivity contribution in [2.24, 2.45) is 10.9 Å². The molecular weight excluding hydrogens is 271 g/mol. The van der Waals surface area contributed by atoms with Crippen molar-refractivity contribution in [1.29, 1.82) is 0 Å². The van der Waals surface area contributed by atoms with Crippen LogP contribution in [0, 0.1) is 5.82 Å². The van der Waals surface area contributed by atoms with Crippen LogP contribution in [0.25, 0.3) is 0 Å². The number of benzene rings is 2. The van der Waals surface area contributed by atoms with Gasteiger partial charge in [0.05, 0.1) is 12.2 Å². The molecule has 0 aliphatic rings. The molecule has 0 amide bonds. The molecule has 21 heavy (non-hydrogen) atoms. The first-order valence-corrected chi connectivity index (χ1v) is 6.65. The van der Waals surface area contributed by atoms with Crippen molar-refractivity contribution < 1.29 is 14.3 Å². The molecule has 3 N–H and O–H groups in total. The van der Waals surface area contributed by atoms with Crippen molar-refractivity contribution in [2.45, 2.75) is 12.8 Å². The van der Waals surface area contributed by atoms with E-state index in [1.54, 1.807) is 6.07 Å². The van der Waals surface area contributed by atoms with E-state index in [0.29, 0.717) is 6.61 Å². The molecule has 2 aromatic carbocycles. The Bertz CT molecular complexity index is 615. The van der Waals surface area contributed by atoms with Crippen molar-refractivity contribution >= 4 is 5.84 Å². The molecule has 5 heteroatoms. The van der Waals surface area contributed by atoms with Gasteiger partial charge in [0.1, 0.15) is 11.6 Å². The monoisotopic (exact) mass is 288 g/mol. The van der Waals surface area contributed by atoms with Crippen molar-refractivity contribution in [3.8, 4) is 5.75 Å². The number of rotatable bonds is 6. The summed E-state index contributed by atoms with van der Waals surface area (Å²) < 4.78 is 19.3. The summed E-state index contributed by atoms with van der Waals surface area (Å²) in [5.41, 5.74) is 6.68. The average Bonchev–Trinajstić information content (AvgIpc) is 2.52. The van der Waals surface area contributed by atoms with Crippen molar-refractivity contribution in [3.05, 3.63) is 65.5 Å². The average molecular weight is 288 g/mol. The molecule has 0 saturated carbocycles. The maximum Gasteiger partial charge on any atom is 0.176 e. The normalized spacial score (nSPS) is 11.4. The zero-order valence-electron chi connectivity index (χ0n) is 11.5. The van der Waals surface area contributed by atoms with Gasteiger partial charge in [-0.3, -0.25) is 0 Å². The van der Waals surface area contributed by atoms with Crippen LogP contribution in [-0.4, -0.2) is 17.6 Å². The predicted molar refractivity (Wildman–Crippen MR) is 79.2 cm³/mol. The molecule has 0 unspecified atom stereocenters. The highest BCUT2D eigenvalue weighted by atomic mass is 19.1. The van der Waals surface area contributed by atoms with E-state index in [1.165, 1.54) is 17.7 Å². The lowest BCUT2D eigenvalue weighted by Crippen LogP contribution is -2.17. The molecule has 0 aliphatic heterocycles. The topological polar surface area (TPSA) is 67.8 Å². The molecule has 0 heterocycles. The molecular formula is C16H17FN2O2. The van der Waals surface area contributed by atoms with Crippen molar-refractivity contribution in [3.63, 3.8) is 0 Å². The van der Waals surface area contributed by atoms with Crippen molar-refractivity contribution in [2.75, 3.05) is 6.61 Å². The second-order valence-electron chi connectivity index (χ2n) is 4.54. The summed E-state index contributed by atoms with van der Waals surface area (Å²) >= 11 is 0. The third-order valence-electron chi connectivity index (χ3n) is 3.05. The van der Waals surface area contributed by atoms with Gasteiger partial charge in [-0.1, -0.05) is 41.6 Å². The Kier molecular flexibility index (Phi) is 5.15. The first-order chi connectivity index (χ1) is 10.2. The minimum Gasteiger partial charge on any atom is -0.493 e. The largest absolute Gasteiger partial charge is 0.493 e. The Labute approximate surface area is 122 Å². The summed E-state index contributed by atoms with van der Waals surface area (Å²) in [7, 11) is 0. The van der Waals surface area contributed by atoms with Gasteiger partial charge in [0.15, 0.2) is 5.84 Å². The lowest BCUT2D eigenvalue weighted by Gasteiger charge is -2.11. The molecule has 0 radical (unpaired) electrons. The Hall–Kier alpha value is -2.56. The van der Waals surface area contributed by atoms with Gasteiger partial charge in [-0.15, -0.1) is 0 Å². The molecule has 0 bridgehead atoms.